The van der Waals surface area contributed by atoms with Crippen molar-refractivity contribution in [3.05, 3.63) is 0 Å². The van der Waals surface area contributed by atoms with Crippen LogP contribution in [0, 0.1) is 0 Å². The maximum Gasteiger partial charge on any atom is 0.466 e. The number of amides is 1. The Hall–Kier alpha value is -0.910. The monoisotopic (exact) mass is 319 g/mol. The largest absolute Gasteiger partial charge is 0.466 e. The fraction of sp³-hybridized carbons (Fsp3) is 0.750. The predicted molar refractivity (Wildman–Crippen MR) is 63.0 cm³/mol. The van der Waals surface area contributed by atoms with Gasteiger partial charge < -0.3 is 45.2 Å². The highest BCUT2D eigenvalue weighted by Crippen LogP contribution is 2.25. The van der Waals surface area contributed by atoms with Crippen LogP contribution >= 0.6 is 7.82 Å². The number of carbonyl (C=O) groups excluding carboxylic acids is 2. The highest BCUT2D eigenvalue weighted by Gasteiger charge is 2.31. The van der Waals surface area contributed by atoms with Gasteiger partial charge in [-0.15, -0.1) is 0 Å². The van der Waals surface area contributed by atoms with Crippen LogP contribution in [0.25, 0.3) is 0 Å². The van der Waals surface area contributed by atoms with Gasteiger partial charge in [-0.1, -0.05) is 0 Å². The summed E-state index contributed by atoms with van der Waals surface area (Å²) in [6.07, 6.45) is -4.72. The normalized spacial score (nSPS) is 17.0. The molecule has 0 aromatic rings. The maximum absolute atomic E-state index is 10.6. The van der Waals surface area contributed by atoms with Crippen LogP contribution in [0.15, 0.2) is 0 Å². The molecule has 0 heterocycles. The van der Waals surface area contributed by atoms with Gasteiger partial charge in [-0.2, -0.15) is 0 Å². The van der Waals surface area contributed by atoms with Gasteiger partial charge in [0, 0.05) is 6.92 Å². The van der Waals surface area contributed by atoms with E-state index in [2.05, 4.69) is 5.32 Å². The Bertz CT molecular complexity index is 336. The van der Waals surface area contributed by atoms with Crippen LogP contribution in [0.5, 0.6) is 0 Å². The zero-order valence-corrected chi connectivity index (χ0v) is 11.3. The van der Waals surface area contributed by atoms with Crippen LogP contribution in [-0.2, 0) is 14.2 Å². The Kier molecular flexibility index (Phi) is 10.6. The number of hydrogen-bond acceptors (Lipinski definition) is 7. The average Bonchev–Trinajstić information content (AvgIpc) is 2.30. The minimum atomic E-state index is -4.64. The van der Waals surface area contributed by atoms with Gasteiger partial charge in [0.05, 0.1) is 6.61 Å². The first-order chi connectivity index (χ1) is 8.93. The molecule has 11 nitrogen and oxygen atoms in total. The van der Waals surface area contributed by atoms with E-state index >= 15 is 0 Å². The third-order valence-electron chi connectivity index (χ3n) is 1.82. The van der Waals surface area contributed by atoms with E-state index in [4.69, 9.17) is 29.5 Å². The van der Waals surface area contributed by atoms with Crippen molar-refractivity contribution in [1.29, 1.82) is 0 Å². The molecule has 0 aromatic carbocycles. The lowest BCUT2D eigenvalue weighted by molar-refractivity contribution is -0.129. The van der Waals surface area contributed by atoms with Crippen molar-refractivity contribution in [3.63, 3.8) is 0 Å². The molecular weight excluding hydrogens is 301 g/mol. The number of nitrogens with one attached hydrogen (secondary N) is 1. The molecule has 0 aliphatic carbocycles. The van der Waals surface area contributed by atoms with Gasteiger partial charge in [-0.05, 0) is 0 Å². The molecule has 0 rings (SSSR count). The summed E-state index contributed by atoms with van der Waals surface area (Å²) in [4.78, 5) is 42.6. The second kappa shape index (κ2) is 9.91. The molecule has 4 atom stereocenters. The molecular formula is C8H18NO10P. The van der Waals surface area contributed by atoms with Crippen LogP contribution in [0.2, 0.25) is 0 Å². The second-order valence-electron chi connectivity index (χ2n) is 3.61. The molecule has 20 heavy (non-hydrogen) atoms. The zero-order chi connectivity index (χ0) is 16.5. The third-order valence-corrected chi connectivity index (χ3v) is 1.82. The number of hydrogen-bond donors (Lipinski definition) is 8. The van der Waals surface area contributed by atoms with Crippen molar-refractivity contribution in [2.24, 2.45) is 0 Å². The summed E-state index contributed by atoms with van der Waals surface area (Å²) < 4.78 is 8.88. The van der Waals surface area contributed by atoms with Gasteiger partial charge in [0.15, 0.2) is 0 Å². The van der Waals surface area contributed by atoms with Gasteiger partial charge in [-0.25, -0.2) is 4.57 Å². The summed E-state index contributed by atoms with van der Waals surface area (Å²) in [7, 11) is -4.64. The second-order valence-corrected chi connectivity index (χ2v) is 4.63. The molecule has 8 N–H and O–H groups in total. The molecule has 1 amide bonds. The molecule has 12 heteroatoms. The van der Waals surface area contributed by atoms with Crippen molar-refractivity contribution in [3.8, 4) is 0 Å². The Labute approximate surface area is 113 Å². The number of aldehydes is 1. The first-order valence-electron chi connectivity index (χ1n) is 5.09. The Morgan fingerprint density at radius 3 is 1.85 bits per heavy atom. The van der Waals surface area contributed by atoms with E-state index in [1.165, 1.54) is 0 Å². The standard InChI is InChI=1S/C8H15NO6.H3O4P/c1-4(12)9-5(2-10)7(14)8(15)6(13)3-11;1-5(2,3)4/h2,5-8,11,13-15H,3H2,1H3,(H,9,12);(H3,1,2,3,4)/t5-,6+,7+,8-;/m0./s1. The molecule has 0 radical (unpaired) electrons. The highest BCUT2D eigenvalue weighted by molar-refractivity contribution is 7.45. The number of carbonyl (C=O) groups is 2. The van der Waals surface area contributed by atoms with Crippen molar-refractivity contribution in [2.45, 2.75) is 31.3 Å². The van der Waals surface area contributed by atoms with E-state index in [0.29, 0.717) is 0 Å². The van der Waals surface area contributed by atoms with E-state index < -0.39 is 44.7 Å². The molecule has 0 saturated carbocycles. The van der Waals surface area contributed by atoms with E-state index in [-0.39, 0.29) is 6.29 Å². The third kappa shape index (κ3) is 12.1. The molecule has 0 aromatic heterocycles. The fourth-order valence-electron chi connectivity index (χ4n) is 0.983. The van der Waals surface area contributed by atoms with Crippen molar-refractivity contribution < 1.29 is 49.3 Å². The number of aliphatic hydroxyl groups is 4. The van der Waals surface area contributed by atoms with Crippen molar-refractivity contribution >= 4 is 20.0 Å². The smallest absolute Gasteiger partial charge is 0.394 e. The quantitative estimate of drug-likeness (QED) is 0.175. The first kappa shape index (κ1) is 21.4. The minimum Gasteiger partial charge on any atom is -0.394 e. The van der Waals surface area contributed by atoms with E-state index in [9.17, 15) is 19.8 Å². The molecule has 0 aliphatic heterocycles. The van der Waals surface area contributed by atoms with Crippen LogP contribution in [-0.4, -0.2) is 78.3 Å². The lowest BCUT2D eigenvalue weighted by atomic mass is 10.0. The summed E-state index contributed by atoms with van der Waals surface area (Å²) in [5, 5.41) is 38.2. The van der Waals surface area contributed by atoms with Crippen molar-refractivity contribution in [1.82, 2.24) is 5.32 Å². The topological polar surface area (TPSA) is 205 Å². The van der Waals surface area contributed by atoms with Crippen LogP contribution in [0.4, 0.5) is 0 Å². The molecule has 0 aliphatic rings. The summed E-state index contributed by atoms with van der Waals surface area (Å²) in [6.45, 7) is 0.377. The van der Waals surface area contributed by atoms with Gasteiger partial charge >= 0.3 is 7.82 Å². The average molecular weight is 319 g/mol. The van der Waals surface area contributed by atoms with Crippen LogP contribution < -0.4 is 5.32 Å². The molecule has 0 spiro atoms. The highest BCUT2D eigenvalue weighted by atomic mass is 31.2. The summed E-state index contributed by atoms with van der Waals surface area (Å²) in [6, 6.07) is -1.32. The summed E-state index contributed by atoms with van der Waals surface area (Å²) >= 11 is 0. The summed E-state index contributed by atoms with van der Waals surface area (Å²) in [5.74, 6) is -0.558. The molecule has 0 bridgehead atoms. The predicted octanol–water partition coefficient (Wildman–Crippen LogP) is -4.16. The zero-order valence-electron chi connectivity index (χ0n) is 10.4. The molecule has 0 fully saturated rings. The van der Waals surface area contributed by atoms with Crippen molar-refractivity contribution in [2.75, 3.05) is 6.61 Å². The first-order valence-corrected chi connectivity index (χ1v) is 6.66. The SMILES string of the molecule is CC(=O)N[C@@H](C=O)[C@@H](O)[C@@H](O)[C@H](O)CO.O=P(O)(O)O. The number of rotatable bonds is 6. The Balaban J connectivity index is 0. The molecule has 0 saturated heterocycles. The lowest BCUT2D eigenvalue weighted by Gasteiger charge is -2.25. The van der Waals surface area contributed by atoms with Gasteiger partial charge in [0.1, 0.15) is 30.6 Å². The number of aliphatic hydroxyl groups excluding tert-OH is 4. The van der Waals surface area contributed by atoms with Gasteiger partial charge in [0.2, 0.25) is 5.91 Å². The van der Waals surface area contributed by atoms with E-state index in [0.717, 1.165) is 6.92 Å². The minimum absolute atomic E-state index is 0.235. The summed E-state index contributed by atoms with van der Waals surface area (Å²) in [5.41, 5.74) is 0. The number of phosphoric acid groups is 1. The van der Waals surface area contributed by atoms with Gasteiger partial charge in [0.25, 0.3) is 0 Å². The molecule has 120 valence electrons. The van der Waals surface area contributed by atoms with Crippen LogP contribution in [0.3, 0.4) is 0 Å². The Morgan fingerprint density at radius 2 is 1.60 bits per heavy atom. The Morgan fingerprint density at radius 1 is 1.20 bits per heavy atom. The van der Waals surface area contributed by atoms with E-state index in [1.807, 2.05) is 0 Å². The van der Waals surface area contributed by atoms with Crippen LogP contribution in [0.1, 0.15) is 6.92 Å². The lowest BCUT2D eigenvalue weighted by Crippen LogP contribution is -2.53. The molecule has 0 unspecified atom stereocenters. The van der Waals surface area contributed by atoms with Gasteiger partial charge in [-0.3, -0.25) is 4.79 Å². The fourth-order valence-corrected chi connectivity index (χ4v) is 0.983. The van der Waals surface area contributed by atoms with E-state index in [1.54, 1.807) is 0 Å². The maximum atomic E-state index is 10.6.